The molecule has 202 valence electrons. The number of ketones is 1. The molecule has 0 fully saturated rings. The molecule has 0 aliphatic heterocycles. The molecule has 38 heavy (non-hydrogen) atoms. The van der Waals surface area contributed by atoms with E-state index in [2.05, 4.69) is 15.3 Å². The van der Waals surface area contributed by atoms with E-state index in [0.29, 0.717) is 0 Å². The van der Waals surface area contributed by atoms with E-state index in [9.17, 15) is 31.5 Å². The van der Waals surface area contributed by atoms with E-state index >= 15 is 4.39 Å². The molecular formula is C25H20ClF6N3O3. The van der Waals surface area contributed by atoms with Crippen molar-refractivity contribution in [3.8, 4) is 11.3 Å². The number of aromatic amines is 1. The zero-order chi connectivity index (χ0) is 28.5. The number of Topliss-reactive ketones (excluding diaryl/α,β-unsaturated/α-hetero) is 1. The molecule has 0 aliphatic rings. The molecule has 0 radical (unpaired) electrons. The van der Waals surface area contributed by atoms with Gasteiger partial charge >= 0.3 is 5.97 Å². The number of esters is 1. The third-order valence-corrected chi connectivity index (χ3v) is 5.28. The zero-order valence-electron chi connectivity index (χ0n) is 20.3. The number of nitrogens with one attached hydrogen (secondary N) is 2. The highest BCUT2D eigenvalue weighted by atomic mass is 35.5. The summed E-state index contributed by atoms with van der Waals surface area (Å²) in [5, 5.41) is 1.20. The summed E-state index contributed by atoms with van der Waals surface area (Å²) in [5.41, 5.74) is -4.82. The first-order valence-electron chi connectivity index (χ1n) is 10.9. The van der Waals surface area contributed by atoms with Crippen LogP contribution >= 0.6 is 11.6 Å². The zero-order valence-corrected chi connectivity index (χ0v) is 21.1. The second-order valence-corrected chi connectivity index (χ2v) is 9.27. The smallest absolute Gasteiger partial charge is 0.342 e. The molecule has 13 heteroatoms. The van der Waals surface area contributed by atoms with E-state index in [1.807, 2.05) is 0 Å². The number of nitrogens with zero attached hydrogens (tertiary/aromatic N) is 1. The number of carbonyl (C=O) groups excluding carboxylic acids is 2. The van der Waals surface area contributed by atoms with Gasteiger partial charge in [-0.2, -0.15) is 8.78 Å². The molecule has 0 amide bonds. The van der Waals surface area contributed by atoms with Crippen molar-refractivity contribution < 1.29 is 40.7 Å². The first-order chi connectivity index (χ1) is 17.7. The minimum atomic E-state index is -1.74. The highest BCUT2D eigenvalue weighted by Gasteiger charge is 2.30. The number of H-pyrrole nitrogens is 1. The molecule has 0 unspecified atom stereocenters. The van der Waals surface area contributed by atoms with Crippen LogP contribution in [0.4, 0.5) is 32.0 Å². The van der Waals surface area contributed by atoms with E-state index in [1.54, 1.807) is 20.8 Å². The highest BCUT2D eigenvalue weighted by Crippen LogP contribution is 2.34. The monoisotopic (exact) mass is 559 g/mol. The summed E-state index contributed by atoms with van der Waals surface area (Å²) in [4.78, 5) is 31.6. The number of ether oxygens (including phenoxy) is 1. The predicted octanol–water partition coefficient (Wildman–Crippen LogP) is 6.60. The van der Waals surface area contributed by atoms with Crippen LogP contribution in [-0.2, 0) is 9.53 Å². The molecule has 1 aromatic carbocycles. The normalized spacial score (nSPS) is 12.0. The van der Waals surface area contributed by atoms with Gasteiger partial charge in [0, 0.05) is 23.0 Å². The van der Waals surface area contributed by atoms with E-state index < -0.39 is 79.9 Å². The standard InChI is InChI=1S/C25H20ClF6N3O3/c1-5-38-24(37)12(22(36)11-8-13(27)17(29)15(26)16(11)28)9-14-10(6-7-33-14)20-18(30)21(35-25(2,3)4)19(31)23(32)34-20/h6-9,33H,5H2,1-4H3,(H,34,35). The maximum absolute atomic E-state index is 15.3. The molecule has 0 atom stereocenters. The number of carbonyl (C=O) groups is 2. The van der Waals surface area contributed by atoms with Gasteiger partial charge in [-0.05, 0) is 45.9 Å². The predicted molar refractivity (Wildman–Crippen MR) is 128 cm³/mol. The van der Waals surface area contributed by atoms with Crippen LogP contribution in [0.15, 0.2) is 23.9 Å². The van der Waals surface area contributed by atoms with Crippen LogP contribution in [-0.4, -0.2) is 33.9 Å². The molecule has 0 spiro atoms. The lowest BCUT2D eigenvalue weighted by atomic mass is 10.00. The summed E-state index contributed by atoms with van der Waals surface area (Å²) >= 11 is 5.43. The summed E-state index contributed by atoms with van der Waals surface area (Å²) in [6.45, 7) is 5.91. The first-order valence-corrected chi connectivity index (χ1v) is 11.3. The second kappa shape index (κ2) is 10.9. The number of hydrogen-bond donors (Lipinski definition) is 2. The minimum Gasteiger partial charge on any atom is -0.462 e. The van der Waals surface area contributed by atoms with Gasteiger partial charge in [-0.25, -0.2) is 27.3 Å². The number of rotatable bonds is 7. The number of halogens is 7. The number of pyridine rings is 1. The van der Waals surface area contributed by atoms with Crippen LogP contribution in [0.5, 0.6) is 0 Å². The van der Waals surface area contributed by atoms with Crippen molar-refractivity contribution in [1.82, 2.24) is 9.97 Å². The Morgan fingerprint density at radius 1 is 1.08 bits per heavy atom. The summed E-state index contributed by atoms with van der Waals surface area (Å²) in [6.07, 6.45) is 2.01. The number of benzene rings is 1. The summed E-state index contributed by atoms with van der Waals surface area (Å²) < 4.78 is 90.9. The molecule has 2 aromatic heterocycles. The van der Waals surface area contributed by atoms with Crippen molar-refractivity contribution in [2.24, 2.45) is 0 Å². The molecule has 2 heterocycles. The lowest BCUT2D eigenvalue weighted by molar-refractivity contribution is -0.137. The molecule has 0 aliphatic carbocycles. The molecule has 6 nitrogen and oxygen atoms in total. The largest absolute Gasteiger partial charge is 0.462 e. The van der Waals surface area contributed by atoms with E-state index in [4.69, 9.17) is 16.3 Å². The topological polar surface area (TPSA) is 84.1 Å². The average molecular weight is 560 g/mol. The molecule has 3 aromatic rings. The fourth-order valence-electron chi connectivity index (χ4n) is 3.34. The van der Waals surface area contributed by atoms with Crippen molar-refractivity contribution in [2.45, 2.75) is 33.2 Å². The van der Waals surface area contributed by atoms with Gasteiger partial charge in [0.1, 0.15) is 22.0 Å². The Balaban J connectivity index is 2.22. The van der Waals surface area contributed by atoms with Crippen LogP contribution in [0.1, 0.15) is 43.7 Å². The fourth-order valence-corrected chi connectivity index (χ4v) is 3.53. The van der Waals surface area contributed by atoms with Gasteiger partial charge in [0.15, 0.2) is 23.3 Å². The van der Waals surface area contributed by atoms with Crippen molar-refractivity contribution in [3.63, 3.8) is 0 Å². The SMILES string of the molecule is CCOC(=O)C(=Cc1[nH]ccc1-c1nc(F)c(F)c(NC(C)(C)C)c1F)C(=O)c1cc(F)c(F)c(Cl)c1F. The van der Waals surface area contributed by atoms with Crippen LogP contribution in [0.25, 0.3) is 17.3 Å². The van der Waals surface area contributed by atoms with Gasteiger partial charge in [0.25, 0.3) is 5.95 Å². The van der Waals surface area contributed by atoms with Crippen molar-refractivity contribution in [2.75, 3.05) is 11.9 Å². The van der Waals surface area contributed by atoms with Gasteiger partial charge in [0.2, 0.25) is 11.6 Å². The van der Waals surface area contributed by atoms with Crippen molar-refractivity contribution in [1.29, 1.82) is 0 Å². The lowest BCUT2D eigenvalue weighted by Gasteiger charge is -2.23. The summed E-state index contributed by atoms with van der Waals surface area (Å²) in [7, 11) is 0. The maximum Gasteiger partial charge on any atom is 0.342 e. The van der Waals surface area contributed by atoms with Gasteiger partial charge in [-0.1, -0.05) is 11.6 Å². The number of aromatic nitrogens is 2. The van der Waals surface area contributed by atoms with E-state index in [1.165, 1.54) is 19.2 Å². The molecular weight excluding hydrogens is 540 g/mol. The van der Waals surface area contributed by atoms with E-state index in [-0.39, 0.29) is 23.9 Å². The minimum absolute atomic E-state index is 0.211. The average Bonchev–Trinajstić information content (AvgIpc) is 3.30. The van der Waals surface area contributed by atoms with Gasteiger partial charge in [0.05, 0.1) is 12.2 Å². The molecule has 0 bridgehead atoms. The Kier molecular flexibility index (Phi) is 8.25. The van der Waals surface area contributed by atoms with Gasteiger partial charge in [-0.3, -0.25) is 4.79 Å². The van der Waals surface area contributed by atoms with Gasteiger partial charge < -0.3 is 15.0 Å². The third kappa shape index (κ3) is 5.69. The second-order valence-electron chi connectivity index (χ2n) is 8.89. The Labute approximate surface area is 217 Å². The van der Waals surface area contributed by atoms with Crippen molar-refractivity contribution >= 4 is 35.1 Å². The van der Waals surface area contributed by atoms with Gasteiger partial charge in [-0.15, -0.1) is 0 Å². The van der Waals surface area contributed by atoms with E-state index in [0.717, 1.165) is 6.08 Å². The summed E-state index contributed by atoms with van der Waals surface area (Å²) in [5.74, 6) is -12.3. The van der Waals surface area contributed by atoms with Crippen molar-refractivity contribution in [3.05, 3.63) is 75.2 Å². The molecule has 0 saturated carbocycles. The quantitative estimate of drug-likeness (QED) is 0.0392. The fraction of sp³-hybridized carbons (Fsp3) is 0.240. The molecule has 0 saturated heterocycles. The Morgan fingerprint density at radius 2 is 1.74 bits per heavy atom. The van der Waals surface area contributed by atoms with Crippen LogP contribution < -0.4 is 5.32 Å². The number of anilines is 1. The van der Waals surface area contributed by atoms with Crippen LogP contribution in [0.2, 0.25) is 5.02 Å². The third-order valence-electron chi connectivity index (χ3n) is 4.95. The first kappa shape index (κ1) is 28.8. The molecule has 2 N–H and O–H groups in total. The lowest BCUT2D eigenvalue weighted by Crippen LogP contribution is -2.28. The summed E-state index contributed by atoms with van der Waals surface area (Å²) in [6, 6.07) is 1.40. The highest BCUT2D eigenvalue weighted by molar-refractivity contribution is 6.32. The Morgan fingerprint density at radius 3 is 2.34 bits per heavy atom. The Bertz CT molecular complexity index is 1460. The van der Waals surface area contributed by atoms with Crippen LogP contribution in [0, 0.1) is 35.0 Å². The molecule has 3 rings (SSSR count). The number of hydrogen-bond acceptors (Lipinski definition) is 5. The maximum atomic E-state index is 15.3. The van der Waals surface area contributed by atoms with Crippen LogP contribution in [0.3, 0.4) is 0 Å². The Hall–Kier alpha value is -3.80.